The first-order valence-corrected chi connectivity index (χ1v) is 11.3. The van der Waals surface area contributed by atoms with Gasteiger partial charge in [-0.2, -0.15) is 0 Å². The Labute approximate surface area is 179 Å². The number of carbonyl (C=O) groups is 1. The predicted molar refractivity (Wildman–Crippen MR) is 123 cm³/mol. The Morgan fingerprint density at radius 3 is 2.53 bits per heavy atom. The summed E-state index contributed by atoms with van der Waals surface area (Å²) in [6.07, 6.45) is 2.53. The number of hydrogen-bond acceptors (Lipinski definition) is 4. The molecule has 2 bridgehead atoms. The lowest BCUT2D eigenvalue weighted by Gasteiger charge is -2.48. The smallest absolute Gasteiger partial charge is 0.224 e. The molecule has 3 fully saturated rings. The molecule has 1 amide bonds. The van der Waals surface area contributed by atoms with Gasteiger partial charge in [-0.15, -0.1) is 0 Å². The molecule has 2 N–H and O–H groups in total. The van der Waals surface area contributed by atoms with Crippen LogP contribution >= 0.6 is 0 Å². The second kappa shape index (κ2) is 7.62. The summed E-state index contributed by atoms with van der Waals surface area (Å²) in [5, 5.41) is 7.42. The molecule has 6 rings (SSSR count). The number of hydrogen-bond donors (Lipinski definition) is 2. The summed E-state index contributed by atoms with van der Waals surface area (Å²) < 4.78 is 0. The van der Waals surface area contributed by atoms with E-state index < -0.39 is 0 Å². The number of nitrogens with zero attached hydrogens (tertiary/aromatic N) is 2. The minimum Gasteiger partial charge on any atom is -0.378 e. The fourth-order valence-corrected chi connectivity index (χ4v) is 5.61. The van der Waals surface area contributed by atoms with Crippen molar-refractivity contribution in [3.63, 3.8) is 0 Å². The lowest BCUT2D eigenvalue weighted by molar-refractivity contribution is -0.117. The molecule has 4 aliphatic rings. The Hall–Kier alpha value is -2.53. The van der Waals surface area contributed by atoms with E-state index in [4.69, 9.17) is 0 Å². The van der Waals surface area contributed by atoms with Crippen LogP contribution in [0.2, 0.25) is 0 Å². The van der Waals surface area contributed by atoms with Crippen molar-refractivity contribution in [2.24, 2.45) is 5.92 Å². The SMILES string of the molecule is CC(=O)N1c2ccc(N3C[C@H]4CC[C@@H]3CN4)cc2C(Nc2ccccc2)C(C)C1C. The molecule has 30 heavy (non-hydrogen) atoms. The number of piperazine rings is 1. The summed E-state index contributed by atoms with van der Waals surface area (Å²) in [5.41, 5.74) is 4.68. The van der Waals surface area contributed by atoms with Crippen LogP contribution in [0.3, 0.4) is 0 Å². The molecule has 2 aromatic carbocycles. The number of fused-ring (bicyclic) bond motifs is 4. The molecule has 3 unspecified atom stereocenters. The van der Waals surface area contributed by atoms with E-state index >= 15 is 0 Å². The van der Waals surface area contributed by atoms with Crippen LogP contribution < -0.4 is 20.4 Å². The maximum absolute atomic E-state index is 12.6. The number of piperidine rings is 2. The fourth-order valence-electron chi connectivity index (χ4n) is 5.61. The second-order valence-corrected chi connectivity index (χ2v) is 9.21. The van der Waals surface area contributed by atoms with Crippen LogP contribution in [0.5, 0.6) is 0 Å². The normalized spacial score (nSPS) is 30.2. The van der Waals surface area contributed by atoms with Gasteiger partial charge in [-0.25, -0.2) is 0 Å². The molecule has 4 heterocycles. The Kier molecular flexibility index (Phi) is 4.94. The first kappa shape index (κ1) is 19.4. The van der Waals surface area contributed by atoms with Crippen molar-refractivity contribution in [3.8, 4) is 0 Å². The Bertz CT molecular complexity index is 922. The highest BCUT2D eigenvalue weighted by Gasteiger charge is 2.39. The van der Waals surface area contributed by atoms with Crippen molar-refractivity contribution in [2.75, 3.05) is 28.2 Å². The van der Waals surface area contributed by atoms with Crippen LogP contribution in [0.4, 0.5) is 17.1 Å². The first-order valence-electron chi connectivity index (χ1n) is 11.3. The van der Waals surface area contributed by atoms with Crippen LogP contribution in [0.1, 0.15) is 45.2 Å². The van der Waals surface area contributed by atoms with Gasteiger partial charge in [0.1, 0.15) is 0 Å². The molecular formula is C25H32N4O. The van der Waals surface area contributed by atoms with E-state index in [1.165, 1.54) is 24.1 Å². The van der Waals surface area contributed by atoms with Gasteiger partial charge in [0.2, 0.25) is 5.91 Å². The van der Waals surface area contributed by atoms with E-state index in [0.29, 0.717) is 12.1 Å². The van der Waals surface area contributed by atoms with Crippen molar-refractivity contribution in [1.29, 1.82) is 0 Å². The molecular weight excluding hydrogens is 372 g/mol. The molecule has 0 aromatic heterocycles. The largest absolute Gasteiger partial charge is 0.378 e. The van der Waals surface area contributed by atoms with Crippen LogP contribution in [0.25, 0.3) is 0 Å². The van der Waals surface area contributed by atoms with Crippen LogP contribution in [0.15, 0.2) is 48.5 Å². The molecule has 158 valence electrons. The number of nitrogens with one attached hydrogen (secondary N) is 2. The summed E-state index contributed by atoms with van der Waals surface area (Å²) in [6, 6.07) is 18.6. The van der Waals surface area contributed by atoms with Gasteiger partial charge in [0.05, 0.1) is 6.04 Å². The third-order valence-electron chi connectivity index (χ3n) is 7.41. The predicted octanol–water partition coefficient (Wildman–Crippen LogP) is 4.17. The minimum atomic E-state index is 0.114. The zero-order chi connectivity index (χ0) is 20.8. The maximum Gasteiger partial charge on any atom is 0.224 e. The van der Waals surface area contributed by atoms with E-state index in [0.717, 1.165) is 24.5 Å². The highest BCUT2D eigenvalue weighted by atomic mass is 16.2. The summed E-state index contributed by atoms with van der Waals surface area (Å²) >= 11 is 0. The molecule has 5 atom stereocenters. The zero-order valence-corrected chi connectivity index (χ0v) is 18.1. The highest BCUT2D eigenvalue weighted by molar-refractivity contribution is 5.94. The zero-order valence-electron chi connectivity index (χ0n) is 18.1. The first-order chi connectivity index (χ1) is 14.5. The highest BCUT2D eigenvalue weighted by Crippen LogP contribution is 2.44. The molecule has 5 nitrogen and oxygen atoms in total. The summed E-state index contributed by atoms with van der Waals surface area (Å²) in [6.45, 7) is 8.24. The number of anilines is 3. The van der Waals surface area contributed by atoms with Crippen LogP contribution in [0, 0.1) is 5.92 Å². The van der Waals surface area contributed by atoms with Crippen molar-refractivity contribution in [1.82, 2.24) is 5.32 Å². The molecule has 0 radical (unpaired) electrons. The summed E-state index contributed by atoms with van der Waals surface area (Å²) in [7, 11) is 0. The third kappa shape index (κ3) is 3.25. The Balaban J connectivity index is 1.56. The Morgan fingerprint density at radius 1 is 1.10 bits per heavy atom. The summed E-state index contributed by atoms with van der Waals surface area (Å²) in [5.74, 6) is 0.402. The third-order valence-corrected chi connectivity index (χ3v) is 7.41. The molecule has 0 saturated carbocycles. The van der Waals surface area contributed by atoms with Gasteiger partial charge in [0.15, 0.2) is 0 Å². The molecule has 0 spiro atoms. The van der Waals surface area contributed by atoms with Gasteiger partial charge in [0.25, 0.3) is 0 Å². The number of benzene rings is 2. The maximum atomic E-state index is 12.6. The average molecular weight is 405 g/mol. The van der Waals surface area contributed by atoms with E-state index in [1.807, 2.05) is 11.0 Å². The monoisotopic (exact) mass is 404 g/mol. The van der Waals surface area contributed by atoms with Gasteiger partial charge in [-0.05, 0) is 50.1 Å². The quantitative estimate of drug-likeness (QED) is 0.806. The van der Waals surface area contributed by atoms with E-state index in [2.05, 4.69) is 71.8 Å². The van der Waals surface area contributed by atoms with Gasteiger partial charge < -0.3 is 20.4 Å². The molecule has 5 heteroatoms. The average Bonchev–Trinajstić information content (AvgIpc) is 2.78. The topological polar surface area (TPSA) is 47.6 Å². The lowest BCUT2D eigenvalue weighted by Crippen LogP contribution is -2.61. The molecule has 4 aliphatic heterocycles. The van der Waals surface area contributed by atoms with Crippen molar-refractivity contribution in [3.05, 3.63) is 54.1 Å². The van der Waals surface area contributed by atoms with E-state index in [9.17, 15) is 4.79 Å². The van der Waals surface area contributed by atoms with Crippen LogP contribution in [-0.2, 0) is 4.79 Å². The van der Waals surface area contributed by atoms with Crippen molar-refractivity contribution >= 4 is 23.0 Å². The van der Waals surface area contributed by atoms with Gasteiger partial charge in [0, 0.05) is 66.7 Å². The lowest BCUT2D eigenvalue weighted by atomic mass is 9.82. The number of para-hydroxylation sites is 1. The summed E-state index contributed by atoms with van der Waals surface area (Å²) in [4.78, 5) is 17.1. The number of carbonyl (C=O) groups excluding carboxylic acids is 1. The van der Waals surface area contributed by atoms with E-state index in [-0.39, 0.29) is 23.9 Å². The van der Waals surface area contributed by atoms with Crippen molar-refractivity contribution in [2.45, 2.75) is 57.8 Å². The fraction of sp³-hybridized carbons (Fsp3) is 0.480. The van der Waals surface area contributed by atoms with E-state index in [1.54, 1.807) is 6.92 Å². The molecule has 2 aromatic rings. The number of rotatable bonds is 3. The van der Waals surface area contributed by atoms with Gasteiger partial charge in [-0.1, -0.05) is 25.1 Å². The number of amides is 1. The van der Waals surface area contributed by atoms with Gasteiger partial charge in [-0.3, -0.25) is 4.79 Å². The molecule has 0 aliphatic carbocycles. The van der Waals surface area contributed by atoms with Crippen molar-refractivity contribution < 1.29 is 4.79 Å². The second-order valence-electron chi connectivity index (χ2n) is 9.21. The molecule has 3 saturated heterocycles. The Morgan fingerprint density at radius 2 is 1.90 bits per heavy atom. The minimum absolute atomic E-state index is 0.114. The van der Waals surface area contributed by atoms with Gasteiger partial charge >= 0.3 is 0 Å². The standard InChI is InChI=1S/C25H32N4O/c1-16-17(2)29(18(3)30)24-12-11-21(28-15-20-9-10-22(28)14-26-20)13-23(24)25(16)27-19-7-5-4-6-8-19/h4-8,11-13,16-17,20,22,25-27H,9-10,14-15H2,1-3H3/t16?,17?,20-,22-,25?/m1/s1. The van der Waals surface area contributed by atoms with Crippen LogP contribution in [-0.4, -0.2) is 37.1 Å².